The Labute approximate surface area is 193 Å². The van der Waals surface area contributed by atoms with Gasteiger partial charge < -0.3 is 14.4 Å². The van der Waals surface area contributed by atoms with Crippen molar-refractivity contribution in [3.63, 3.8) is 0 Å². The molecule has 0 aromatic heterocycles. The van der Waals surface area contributed by atoms with Crippen LogP contribution in [0.25, 0.3) is 10.8 Å². The van der Waals surface area contributed by atoms with Crippen LogP contribution in [0.2, 0.25) is 0 Å². The highest BCUT2D eigenvalue weighted by atomic mass is 32.2. The van der Waals surface area contributed by atoms with Gasteiger partial charge in [-0.05, 0) is 34.9 Å². The molecule has 2 aliphatic rings. The molecule has 172 valence electrons. The molecule has 1 fully saturated rings. The zero-order valence-electron chi connectivity index (χ0n) is 18.3. The molecular weight excluding hydrogens is 440 g/mol. The molecule has 0 atom stereocenters. The second kappa shape index (κ2) is 9.03. The van der Waals surface area contributed by atoms with Crippen molar-refractivity contribution in [2.45, 2.75) is 17.7 Å². The molecule has 2 aliphatic heterocycles. The van der Waals surface area contributed by atoms with Crippen molar-refractivity contribution in [3.05, 3.63) is 66.2 Å². The number of hydrogen-bond donors (Lipinski definition) is 0. The van der Waals surface area contributed by atoms with Gasteiger partial charge in [-0.2, -0.15) is 4.31 Å². The van der Waals surface area contributed by atoms with Crippen molar-refractivity contribution in [1.82, 2.24) is 9.21 Å². The number of amides is 1. The summed E-state index contributed by atoms with van der Waals surface area (Å²) in [5.74, 6) is 1.06. The minimum absolute atomic E-state index is 0.0551. The molecule has 8 heteroatoms. The van der Waals surface area contributed by atoms with Gasteiger partial charge in [0.05, 0.1) is 4.90 Å². The summed E-state index contributed by atoms with van der Waals surface area (Å²) in [5.41, 5.74) is 1.13. The van der Waals surface area contributed by atoms with Gasteiger partial charge in [-0.1, -0.05) is 42.5 Å². The molecule has 7 nitrogen and oxygen atoms in total. The highest BCUT2D eigenvalue weighted by molar-refractivity contribution is 7.89. The summed E-state index contributed by atoms with van der Waals surface area (Å²) < 4.78 is 38.6. The Morgan fingerprint density at radius 1 is 0.818 bits per heavy atom. The summed E-state index contributed by atoms with van der Waals surface area (Å²) in [7, 11) is -3.66. The number of rotatable bonds is 5. The van der Waals surface area contributed by atoms with Gasteiger partial charge in [0.1, 0.15) is 13.2 Å². The van der Waals surface area contributed by atoms with Crippen LogP contribution in [-0.4, -0.2) is 62.9 Å². The molecule has 0 bridgehead atoms. The van der Waals surface area contributed by atoms with Gasteiger partial charge >= 0.3 is 0 Å². The molecule has 1 amide bonds. The first-order chi connectivity index (χ1) is 16.0. The average Bonchev–Trinajstić information content (AvgIpc) is 2.87. The molecule has 1 saturated heterocycles. The summed E-state index contributed by atoms with van der Waals surface area (Å²) in [4.78, 5) is 14.7. The number of hydrogen-bond acceptors (Lipinski definition) is 5. The Bertz CT molecular complexity index is 1280. The summed E-state index contributed by atoms with van der Waals surface area (Å²) >= 11 is 0. The van der Waals surface area contributed by atoms with Gasteiger partial charge in [-0.3, -0.25) is 4.79 Å². The quantitative estimate of drug-likeness (QED) is 0.578. The third kappa shape index (κ3) is 4.54. The second-order valence-corrected chi connectivity index (χ2v) is 10.2. The van der Waals surface area contributed by atoms with Crippen LogP contribution in [0.15, 0.2) is 65.6 Å². The van der Waals surface area contributed by atoms with Crippen molar-refractivity contribution < 1.29 is 22.7 Å². The van der Waals surface area contributed by atoms with Gasteiger partial charge in [0.15, 0.2) is 11.5 Å². The van der Waals surface area contributed by atoms with Gasteiger partial charge in [0.25, 0.3) is 0 Å². The van der Waals surface area contributed by atoms with Crippen molar-refractivity contribution >= 4 is 26.7 Å². The van der Waals surface area contributed by atoms with Crippen molar-refractivity contribution in [2.75, 3.05) is 39.4 Å². The third-order valence-corrected chi connectivity index (χ3v) is 8.08. The number of piperazine rings is 1. The van der Waals surface area contributed by atoms with Crippen LogP contribution >= 0.6 is 0 Å². The molecule has 0 saturated carbocycles. The van der Waals surface area contributed by atoms with E-state index in [0.717, 1.165) is 5.56 Å². The van der Waals surface area contributed by atoms with Gasteiger partial charge in [0.2, 0.25) is 15.9 Å². The van der Waals surface area contributed by atoms with Crippen LogP contribution in [0.1, 0.15) is 12.0 Å². The highest BCUT2D eigenvalue weighted by Gasteiger charge is 2.31. The first-order valence-electron chi connectivity index (χ1n) is 11.2. The Kier molecular flexibility index (Phi) is 5.95. The standard InChI is InChI=1S/C25H26N2O5S/c28-25(10-6-19-5-7-20-3-1-2-4-21(20)17-19)26-11-13-27(14-12-26)33(29,30)22-8-9-23-24(18-22)32-16-15-31-23/h1-5,7-9,17-18H,6,10-16H2. The molecule has 0 unspecified atom stereocenters. The summed E-state index contributed by atoms with van der Waals surface area (Å²) in [6, 6.07) is 19.1. The topological polar surface area (TPSA) is 76.2 Å². The van der Waals surface area contributed by atoms with E-state index in [9.17, 15) is 13.2 Å². The van der Waals surface area contributed by atoms with Crippen LogP contribution in [0.5, 0.6) is 11.5 Å². The molecule has 5 rings (SSSR count). The number of carbonyl (C=O) groups is 1. The number of nitrogens with zero attached hydrogens (tertiary/aromatic N) is 2. The number of fused-ring (bicyclic) bond motifs is 2. The lowest BCUT2D eigenvalue weighted by atomic mass is 10.0. The van der Waals surface area contributed by atoms with Crippen LogP contribution in [0.4, 0.5) is 0 Å². The smallest absolute Gasteiger partial charge is 0.243 e. The Morgan fingerprint density at radius 3 is 2.33 bits per heavy atom. The number of ether oxygens (including phenoxy) is 2. The highest BCUT2D eigenvalue weighted by Crippen LogP contribution is 2.33. The SMILES string of the molecule is O=C(CCc1ccc2ccccc2c1)N1CCN(S(=O)(=O)c2ccc3c(c2)OCCO3)CC1. The van der Waals surface area contributed by atoms with E-state index in [1.807, 2.05) is 12.1 Å². The lowest BCUT2D eigenvalue weighted by molar-refractivity contribution is -0.132. The van der Waals surface area contributed by atoms with E-state index in [1.165, 1.54) is 21.1 Å². The maximum absolute atomic E-state index is 13.1. The van der Waals surface area contributed by atoms with Crippen molar-refractivity contribution in [2.24, 2.45) is 0 Å². The number of carbonyl (C=O) groups excluding carboxylic acids is 1. The first-order valence-corrected chi connectivity index (χ1v) is 12.6. The fraction of sp³-hybridized carbons (Fsp3) is 0.320. The minimum Gasteiger partial charge on any atom is -0.486 e. The van der Waals surface area contributed by atoms with E-state index < -0.39 is 10.0 Å². The molecule has 2 heterocycles. The molecule has 33 heavy (non-hydrogen) atoms. The zero-order valence-corrected chi connectivity index (χ0v) is 19.1. The lowest BCUT2D eigenvalue weighted by Gasteiger charge is -2.34. The largest absolute Gasteiger partial charge is 0.486 e. The Hall–Kier alpha value is -3.10. The van der Waals surface area contributed by atoms with Crippen LogP contribution in [0, 0.1) is 0 Å². The minimum atomic E-state index is -3.66. The monoisotopic (exact) mass is 466 g/mol. The Balaban J connectivity index is 1.18. The molecule has 0 radical (unpaired) electrons. The fourth-order valence-electron chi connectivity index (χ4n) is 4.31. The van der Waals surface area contributed by atoms with Gasteiger partial charge in [0, 0.05) is 38.7 Å². The van der Waals surface area contributed by atoms with Crippen molar-refractivity contribution in [3.8, 4) is 11.5 Å². The van der Waals surface area contributed by atoms with Gasteiger partial charge in [-0.25, -0.2) is 8.42 Å². The van der Waals surface area contributed by atoms with E-state index in [1.54, 1.807) is 17.0 Å². The molecule has 3 aromatic carbocycles. The summed E-state index contributed by atoms with van der Waals surface area (Å²) in [6.07, 6.45) is 1.08. The van der Waals surface area contributed by atoms with Crippen molar-refractivity contribution in [1.29, 1.82) is 0 Å². The molecular formula is C25H26N2O5S. The zero-order chi connectivity index (χ0) is 22.8. The maximum atomic E-state index is 13.1. The van der Waals surface area contributed by atoms with Crippen LogP contribution in [0.3, 0.4) is 0 Å². The predicted octanol–water partition coefficient (Wildman–Crippen LogP) is 3.08. The predicted molar refractivity (Wildman–Crippen MR) is 125 cm³/mol. The molecule has 3 aromatic rings. The average molecular weight is 467 g/mol. The van der Waals surface area contributed by atoms with E-state index >= 15 is 0 Å². The number of benzene rings is 3. The van der Waals surface area contributed by atoms with E-state index in [2.05, 4.69) is 30.3 Å². The van der Waals surface area contributed by atoms with Gasteiger partial charge in [-0.15, -0.1) is 0 Å². The Morgan fingerprint density at radius 2 is 1.55 bits per heavy atom. The first kappa shape index (κ1) is 21.7. The fourth-order valence-corrected chi connectivity index (χ4v) is 5.75. The number of sulfonamides is 1. The molecule has 0 N–H and O–H groups in total. The van der Waals surface area contributed by atoms with Crippen LogP contribution < -0.4 is 9.47 Å². The van der Waals surface area contributed by atoms with E-state index in [0.29, 0.717) is 50.6 Å². The lowest BCUT2D eigenvalue weighted by Crippen LogP contribution is -2.50. The molecule has 0 spiro atoms. The van der Waals surface area contributed by atoms with Crippen LogP contribution in [-0.2, 0) is 21.2 Å². The summed E-state index contributed by atoms with van der Waals surface area (Å²) in [6.45, 7) is 2.18. The van der Waals surface area contributed by atoms with E-state index in [-0.39, 0.29) is 23.9 Å². The summed E-state index contributed by atoms with van der Waals surface area (Å²) in [5, 5.41) is 2.35. The number of aryl methyl sites for hydroxylation is 1. The van der Waals surface area contributed by atoms with E-state index in [4.69, 9.17) is 9.47 Å². The normalized spacial score (nSPS) is 16.7. The molecule has 0 aliphatic carbocycles. The third-order valence-electron chi connectivity index (χ3n) is 6.18. The second-order valence-electron chi connectivity index (χ2n) is 8.27. The maximum Gasteiger partial charge on any atom is 0.243 e.